The lowest BCUT2D eigenvalue weighted by Crippen LogP contribution is -2.23. The van der Waals surface area contributed by atoms with Crippen LogP contribution >= 0.6 is 31.9 Å². The molecule has 0 saturated carbocycles. The van der Waals surface area contributed by atoms with Crippen LogP contribution in [-0.4, -0.2) is 16.5 Å². The smallest absolute Gasteiger partial charge is 0.0410 e. The SMILES string of the molecule is CCNC(Cc1cncc(Br)c1)c1cncc(Br)c1. The summed E-state index contributed by atoms with van der Waals surface area (Å²) in [6.07, 6.45) is 8.29. The molecule has 2 aromatic rings. The highest BCUT2D eigenvalue weighted by atomic mass is 79.9. The second kappa shape index (κ2) is 7.12. The van der Waals surface area contributed by atoms with Gasteiger partial charge in [-0.1, -0.05) is 6.92 Å². The molecule has 1 atom stereocenters. The Morgan fingerprint density at radius 2 is 1.74 bits per heavy atom. The minimum absolute atomic E-state index is 0.242. The summed E-state index contributed by atoms with van der Waals surface area (Å²) in [4.78, 5) is 8.44. The Kier molecular flexibility index (Phi) is 5.48. The van der Waals surface area contributed by atoms with Crippen molar-refractivity contribution < 1.29 is 0 Å². The van der Waals surface area contributed by atoms with Gasteiger partial charge in [0.05, 0.1) is 0 Å². The van der Waals surface area contributed by atoms with E-state index < -0.39 is 0 Å². The van der Waals surface area contributed by atoms with Gasteiger partial charge in [-0.25, -0.2) is 0 Å². The predicted octanol–water partition coefficient (Wildman–Crippen LogP) is 3.89. The van der Waals surface area contributed by atoms with Gasteiger partial charge in [-0.05, 0) is 68.1 Å². The molecule has 0 saturated heterocycles. The van der Waals surface area contributed by atoms with Gasteiger partial charge in [-0.3, -0.25) is 9.97 Å². The van der Waals surface area contributed by atoms with Crippen molar-refractivity contribution in [2.75, 3.05) is 6.54 Å². The molecular weight excluding hydrogens is 370 g/mol. The van der Waals surface area contributed by atoms with Crippen molar-refractivity contribution in [3.8, 4) is 0 Å². The molecule has 3 nitrogen and oxygen atoms in total. The lowest BCUT2D eigenvalue weighted by atomic mass is 10.0. The number of nitrogens with zero attached hydrogens (tertiary/aromatic N) is 2. The lowest BCUT2D eigenvalue weighted by Gasteiger charge is -2.18. The van der Waals surface area contributed by atoms with E-state index in [4.69, 9.17) is 0 Å². The molecule has 0 amide bonds. The van der Waals surface area contributed by atoms with E-state index in [2.05, 4.69) is 66.2 Å². The second-order valence-electron chi connectivity index (χ2n) is 4.26. The Morgan fingerprint density at radius 1 is 1.05 bits per heavy atom. The molecule has 0 bridgehead atoms. The van der Waals surface area contributed by atoms with Crippen LogP contribution in [0.25, 0.3) is 0 Å². The van der Waals surface area contributed by atoms with E-state index in [1.165, 1.54) is 11.1 Å². The van der Waals surface area contributed by atoms with Crippen molar-refractivity contribution in [1.82, 2.24) is 15.3 Å². The zero-order valence-electron chi connectivity index (χ0n) is 10.6. The molecule has 0 fully saturated rings. The summed E-state index contributed by atoms with van der Waals surface area (Å²) in [5, 5.41) is 3.49. The maximum atomic E-state index is 4.23. The van der Waals surface area contributed by atoms with E-state index in [1.807, 2.05) is 12.4 Å². The van der Waals surface area contributed by atoms with Crippen LogP contribution < -0.4 is 5.32 Å². The van der Waals surface area contributed by atoms with E-state index in [9.17, 15) is 0 Å². The Hall–Kier alpha value is -0.780. The summed E-state index contributed by atoms with van der Waals surface area (Å²) in [7, 11) is 0. The zero-order chi connectivity index (χ0) is 13.7. The van der Waals surface area contributed by atoms with Gasteiger partial charge in [-0.15, -0.1) is 0 Å². The van der Waals surface area contributed by atoms with Crippen molar-refractivity contribution in [3.63, 3.8) is 0 Å². The van der Waals surface area contributed by atoms with Crippen molar-refractivity contribution in [3.05, 3.63) is 57.0 Å². The molecule has 19 heavy (non-hydrogen) atoms. The topological polar surface area (TPSA) is 37.8 Å². The van der Waals surface area contributed by atoms with E-state index in [0.717, 1.165) is 21.9 Å². The number of likely N-dealkylation sites (N-methyl/N-ethyl adjacent to an activating group) is 1. The molecule has 100 valence electrons. The van der Waals surface area contributed by atoms with Gasteiger partial charge in [0.1, 0.15) is 0 Å². The van der Waals surface area contributed by atoms with Gasteiger partial charge in [0.2, 0.25) is 0 Å². The number of hydrogen-bond acceptors (Lipinski definition) is 3. The van der Waals surface area contributed by atoms with Crippen LogP contribution in [0.1, 0.15) is 24.1 Å². The maximum absolute atomic E-state index is 4.23. The molecule has 0 aliphatic carbocycles. The Labute approximate surface area is 130 Å². The van der Waals surface area contributed by atoms with Crippen LogP contribution in [0, 0.1) is 0 Å². The van der Waals surface area contributed by atoms with Gasteiger partial charge in [0, 0.05) is 39.8 Å². The number of rotatable bonds is 5. The minimum atomic E-state index is 0.242. The molecule has 2 heterocycles. The largest absolute Gasteiger partial charge is 0.310 e. The first kappa shape index (κ1) is 14.6. The number of nitrogens with one attached hydrogen (secondary N) is 1. The summed E-state index contributed by atoms with van der Waals surface area (Å²) in [6, 6.07) is 4.44. The second-order valence-corrected chi connectivity index (χ2v) is 6.09. The molecule has 0 radical (unpaired) electrons. The Balaban J connectivity index is 2.21. The van der Waals surface area contributed by atoms with Gasteiger partial charge in [0.25, 0.3) is 0 Å². The van der Waals surface area contributed by atoms with Gasteiger partial charge < -0.3 is 5.32 Å². The molecular formula is C14H15Br2N3. The van der Waals surface area contributed by atoms with Crippen molar-refractivity contribution in [1.29, 1.82) is 0 Å². The van der Waals surface area contributed by atoms with Crippen molar-refractivity contribution in [2.24, 2.45) is 0 Å². The summed E-state index contributed by atoms with van der Waals surface area (Å²) in [5.41, 5.74) is 2.37. The monoisotopic (exact) mass is 383 g/mol. The summed E-state index contributed by atoms with van der Waals surface area (Å²) in [6.45, 7) is 3.02. The highest BCUT2D eigenvalue weighted by Gasteiger charge is 2.12. The Morgan fingerprint density at radius 3 is 2.37 bits per heavy atom. The number of aromatic nitrogens is 2. The number of hydrogen-bond donors (Lipinski definition) is 1. The highest BCUT2D eigenvalue weighted by molar-refractivity contribution is 9.10. The van der Waals surface area contributed by atoms with Crippen LogP contribution in [0.5, 0.6) is 0 Å². The quantitative estimate of drug-likeness (QED) is 0.849. The molecule has 2 rings (SSSR count). The molecule has 5 heteroatoms. The van der Waals surface area contributed by atoms with Crippen molar-refractivity contribution >= 4 is 31.9 Å². The fraction of sp³-hybridized carbons (Fsp3) is 0.286. The first-order chi connectivity index (χ1) is 9.19. The average molecular weight is 385 g/mol. The maximum Gasteiger partial charge on any atom is 0.0410 e. The normalized spacial score (nSPS) is 12.4. The Bertz CT molecular complexity index is 546. The third-order valence-electron chi connectivity index (χ3n) is 2.78. The molecule has 0 aliphatic heterocycles. The number of pyridine rings is 2. The van der Waals surface area contributed by atoms with Gasteiger partial charge >= 0.3 is 0 Å². The van der Waals surface area contributed by atoms with Gasteiger partial charge in [0.15, 0.2) is 0 Å². The summed E-state index contributed by atoms with van der Waals surface area (Å²) >= 11 is 6.92. The average Bonchev–Trinajstić information content (AvgIpc) is 2.38. The summed E-state index contributed by atoms with van der Waals surface area (Å²) in [5.74, 6) is 0. The van der Waals surface area contributed by atoms with Crippen LogP contribution in [0.2, 0.25) is 0 Å². The third kappa shape index (κ3) is 4.37. The third-order valence-corrected chi connectivity index (χ3v) is 3.65. The van der Waals surface area contributed by atoms with E-state index in [1.54, 1.807) is 12.4 Å². The molecule has 0 aromatic carbocycles. The fourth-order valence-electron chi connectivity index (χ4n) is 1.98. The minimum Gasteiger partial charge on any atom is -0.310 e. The first-order valence-corrected chi connectivity index (χ1v) is 7.71. The first-order valence-electron chi connectivity index (χ1n) is 6.12. The van der Waals surface area contributed by atoms with E-state index in [-0.39, 0.29) is 6.04 Å². The van der Waals surface area contributed by atoms with Gasteiger partial charge in [-0.2, -0.15) is 0 Å². The number of halogens is 2. The van der Waals surface area contributed by atoms with Crippen LogP contribution in [-0.2, 0) is 6.42 Å². The predicted molar refractivity (Wildman–Crippen MR) is 84.0 cm³/mol. The van der Waals surface area contributed by atoms with E-state index in [0.29, 0.717) is 0 Å². The van der Waals surface area contributed by atoms with Crippen LogP contribution in [0.15, 0.2) is 45.9 Å². The molecule has 1 unspecified atom stereocenters. The zero-order valence-corrected chi connectivity index (χ0v) is 13.8. The van der Waals surface area contributed by atoms with Crippen LogP contribution in [0.4, 0.5) is 0 Å². The highest BCUT2D eigenvalue weighted by Crippen LogP contribution is 2.21. The molecule has 2 aromatic heterocycles. The van der Waals surface area contributed by atoms with E-state index >= 15 is 0 Å². The molecule has 0 aliphatic rings. The molecule has 1 N–H and O–H groups in total. The fourth-order valence-corrected chi connectivity index (χ4v) is 2.77. The van der Waals surface area contributed by atoms with Crippen LogP contribution in [0.3, 0.4) is 0 Å². The summed E-state index contributed by atoms with van der Waals surface area (Å²) < 4.78 is 2.01. The molecule has 0 spiro atoms. The standard InChI is InChI=1S/C14H15Br2N3/c1-2-19-14(11-5-13(16)9-18-7-11)4-10-3-12(15)8-17-6-10/h3,5-9,14,19H,2,4H2,1H3. The lowest BCUT2D eigenvalue weighted by molar-refractivity contribution is 0.547. The van der Waals surface area contributed by atoms with Crippen molar-refractivity contribution in [2.45, 2.75) is 19.4 Å².